The Labute approximate surface area is 95.6 Å². The van der Waals surface area contributed by atoms with Crippen LogP contribution in [0.25, 0.3) is 0 Å². The highest BCUT2D eigenvalue weighted by molar-refractivity contribution is 5.99. The molecule has 0 unspecified atom stereocenters. The van der Waals surface area contributed by atoms with Crippen LogP contribution in [0.15, 0.2) is 24.3 Å². The molecule has 0 bridgehead atoms. The van der Waals surface area contributed by atoms with Gasteiger partial charge in [-0.1, -0.05) is 12.1 Å². The molecule has 16 heavy (non-hydrogen) atoms. The van der Waals surface area contributed by atoms with Gasteiger partial charge in [0.05, 0.1) is 12.7 Å². The standard InChI is InChI=1S/C13H17NO2/c1-16-12-6-3-2-5-10(12)11(15)9-13(14)7-4-8-13/h2-3,5-6H,4,7-9,14H2,1H3. The predicted molar refractivity (Wildman–Crippen MR) is 62.7 cm³/mol. The zero-order valence-corrected chi connectivity index (χ0v) is 9.53. The van der Waals surface area contributed by atoms with Crippen molar-refractivity contribution in [3.05, 3.63) is 29.8 Å². The van der Waals surface area contributed by atoms with Gasteiger partial charge in [0.1, 0.15) is 5.75 Å². The Balaban J connectivity index is 2.14. The van der Waals surface area contributed by atoms with Crippen molar-refractivity contribution < 1.29 is 9.53 Å². The number of benzene rings is 1. The number of ketones is 1. The topological polar surface area (TPSA) is 52.3 Å². The summed E-state index contributed by atoms with van der Waals surface area (Å²) >= 11 is 0. The maximum atomic E-state index is 12.1. The largest absolute Gasteiger partial charge is 0.496 e. The molecule has 2 rings (SSSR count). The summed E-state index contributed by atoms with van der Waals surface area (Å²) in [6, 6.07) is 7.30. The maximum absolute atomic E-state index is 12.1. The number of para-hydroxylation sites is 1. The summed E-state index contributed by atoms with van der Waals surface area (Å²) in [6.07, 6.45) is 3.46. The average molecular weight is 219 g/mol. The first-order valence-corrected chi connectivity index (χ1v) is 5.60. The van der Waals surface area contributed by atoms with E-state index in [-0.39, 0.29) is 11.3 Å². The van der Waals surface area contributed by atoms with Crippen molar-refractivity contribution in [2.45, 2.75) is 31.2 Å². The molecule has 0 spiro atoms. The minimum Gasteiger partial charge on any atom is -0.496 e. The van der Waals surface area contributed by atoms with Crippen LogP contribution in [-0.4, -0.2) is 18.4 Å². The number of carbonyl (C=O) groups excluding carboxylic acids is 1. The molecule has 1 aliphatic rings. The SMILES string of the molecule is COc1ccccc1C(=O)CC1(N)CCC1. The molecule has 3 nitrogen and oxygen atoms in total. The Hall–Kier alpha value is -1.35. The number of carbonyl (C=O) groups is 1. The van der Waals surface area contributed by atoms with E-state index in [0.29, 0.717) is 17.7 Å². The second-order valence-corrected chi connectivity index (χ2v) is 4.52. The summed E-state index contributed by atoms with van der Waals surface area (Å²) in [7, 11) is 1.58. The van der Waals surface area contributed by atoms with E-state index in [2.05, 4.69) is 0 Å². The van der Waals surface area contributed by atoms with Gasteiger partial charge in [-0.15, -0.1) is 0 Å². The molecule has 0 amide bonds. The highest BCUT2D eigenvalue weighted by atomic mass is 16.5. The van der Waals surface area contributed by atoms with Gasteiger partial charge in [0.2, 0.25) is 0 Å². The van der Waals surface area contributed by atoms with E-state index >= 15 is 0 Å². The first-order chi connectivity index (χ1) is 7.64. The lowest BCUT2D eigenvalue weighted by Crippen LogP contribution is -2.48. The lowest BCUT2D eigenvalue weighted by atomic mass is 9.74. The number of methoxy groups -OCH3 is 1. The normalized spacial score (nSPS) is 17.6. The molecule has 0 aromatic heterocycles. The zero-order chi connectivity index (χ0) is 11.6. The quantitative estimate of drug-likeness (QED) is 0.789. The van der Waals surface area contributed by atoms with Crippen molar-refractivity contribution in [1.29, 1.82) is 0 Å². The van der Waals surface area contributed by atoms with E-state index in [0.717, 1.165) is 19.3 Å². The predicted octanol–water partition coefficient (Wildman–Crippen LogP) is 2.15. The van der Waals surface area contributed by atoms with Gasteiger partial charge in [-0.3, -0.25) is 4.79 Å². The molecule has 1 fully saturated rings. The van der Waals surface area contributed by atoms with Gasteiger partial charge in [-0.2, -0.15) is 0 Å². The van der Waals surface area contributed by atoms with Crippen LogP contribution >= 0.6 is 0 Å². The smallest absolute Gasteiger partial charge is 0.168 e. The third-order valence-electron chi connectivity index (χ3n) is 3.27. The first-order valence-electron chi connectivity index (χ1n) is 5.60. The summed E-state index contributed by atoms with van der Waals surface area (Å²) in [4.78, 5) is 12.1. The second-order valence-electron chi connectivity index (χ2n) is 4.52. The molecule has 0 heterocycles. The van der Waals surface area contributed by atoms with Crippen molar-refractivity contribution in [2.75, 3.05) is 7.11 Å². The number of rotatable bonds is 4. The highest BCUT2D eigenvalue weighted by Gasteiger charge is 2.35. The molecule has 86 valence electrons. The Bertz CT molecular complexity index is 397. The van der Waals surface area contributed by atoms with Gasteiger partial charge in [0.15, 0.2) is 5.78 Å². The monoisotopic (exact) mass is 219 g/mol. The van der Waals surface area contributed by atoms with E-state index in [4.69, 9.17) is 10.5 Å². The Morgan fingerprint density at radius 3 is 2.69 bits per heavy atom. The van der Waals surface area contributed by atoms with Gasteiger partial charge in [-0.05, 0) is 31.4 Å². The molecule has 1 aromatic rings. The van der Waals surface area contributed by atoms with Crippen LogP contribution < -0.4 is 10.5 Å². The minimum atomic E-state index is -0.266. The summed E-state index contributed by atoms with van der Waals surface area (Å²) in [6.45, 7) is 0. The Kier molecular flexibility index (Phi) is 2.97. The van der Waals surface area contributed by atoms with Gasteiger partial charge in [0.25, 0.3) is 0 Å². The molecule has 1 saturated carbocycles. The van der Waals surface area contributed by atoms with Crippen LogP contribution in [-0.2, 0) is 0 Å². The van der Waals surface area contributed by atoms with E-state index in [1.807, 2.05) is 12.1 Å². The number of ether oxygens (including phenoxy) is 1. The van der Waals surface area contributed by atoms with E-state index < -0.39 is 0 Å². The lowest BCUT2D eigenvalue weighted by Gasteiger charge is -2.37. The Morgan fingerprint density at radius 2 is 2.12 bits per heavy atom. The molecule has 1 aromatic carbocycles. The first kappa shape index (κ1) is 11.1. The van der Waals surface area contributed by atoms with Crippen LogP contribution in [0.1, 0.15) is 36.0 Å². The molecular weight excluding hydrogens is 202 g/mol. The molecule has 3 heteroatoms. The average Bonchev–Trinajstić information content (AvgIpc) is 2.26. The van der Waals surface area contributed by atoms with Gasteiger partial charge in [0, 0.05) is 12.0 Å². The number of hydrogen-bond acceptors (Lipinski definition) is 3. The van der Waals surface area contributed by atoms with E-state index in [9.17, 15) is 4.79 Å². The van der Waals surface area contributed by atoms with Crippen LogP contribution in [0.4, 0.5) is 0 Å². The molecule has 1 aliphatic carbocycles. The number of nitrogens with two attached hydrogens (primary N) is 1. The number of hydrogen-bond donors (Lipinski definition) is 1. The van der Waals surface area contributed by atoms with Crippen LogP contribution in [0, 0.1) is 0 Å². The van der Waals surface area contributed by atoms with Crippen molar-refractivity contribution in [1.82, 2.24) is 0 Å². The fraction of sp³-hybridized carbons (Fsp3) is 0.462. The van der Waals surface area contributed by atoms with Gasteiger partial charge >= 0.3 is 0 Å². The van der Waals surface area contributed by atoms with E-state index in [1.54, 1.807) is 19.2 Å². The fourth-order valence-electron chi connectivity index (χ4n) is 2.10. The van der Waals surface area contributed by atoms with Gasteiger partial charge in [-0.25, -0.2) is 0 Å². The zero-order valence-electron chi connectivity index (χ0n) is 9.53. The summed E-state index contributed by atoms with van der Waals surface area (Å²) < 4.78 is 5.17. The van der Waals surface area contributed by atoms with Crippen molar-refractivity contribution in [3.63, 3.8) is 0 Å². The fourth-order valence-corrected chi connectivity index (χ4v) is 2.10. The summed E-state index contributed by atoms with van der Waals surface area (Å²) in [5.41, 5.74) is 6.45. The minimum absolute atomic E-state index is 0.0830. The third-order valence-corrected chi connectivity index (χ3v) is 3.27. The second kappa shape index (κ2) is 4.26. The third kappa shape index (κ3) is 2.09. The van der Waals surface area contributed by atoms with Crippen molar-refractivity contribution >= 4 is 5.78 Å². The molecule has 0 saturated heterocycles. The number of Topliss-reactive ketones (excluding diaryl/α,β-unsaturated/α-hetero) is 1. The van der Waals surface area contributed by atoms with Crippen molar-refractivity contribution in [2.24, 2.45) is 5.73 Å². The van der Waals surface area contributed by atoms with Crippen LogP contribution in [0.2, 0.25) is 0 Å². The molecule has 0 radical (unpaired) electrons. The molecular formula is C13H17NO2. The summed E-state index contributed by atoms with van der Waals surface area (Å²) in [5, 5.41) is 0. The summed E-state index contributed by atoms with van der Waals surface area (Å²) in [5.74, 6) is 0.718. The lowest BCUT2D eigenvalue weighted by molar-refractivity contribution is 0.0909. The Morgan fingerprint density at radius 1 is 1.44 bits per heavy atom. The molecule has 0 atom stereocenters. The molecule has 2 N–H and O–H groups in total. The molecule has 0 aliphatic heterocycles. The van der Waals surface area contributed by atoms with Crippen LogP contribution in [0.5, 0.6) is 5.75 Å². The maximum Gasteiger partial charge on any atom is 0.168 e. The van der Waals surface area contributed by atoms with Gasteiger partial charge < -0.3 is 10.5 Å². The van der Waals surface area contributed by atoms with E-state index in [1.165, 1.54) is 0 Å². The highest BCUT2D eigenvalue weighted by Crippen LogP contribution is 2.34. The van der Waals surface area contributed by atoms with Crippen LogP contribution in [0.3, 0.4) is 0 Å². The van der Waals surface area contributed by atoms with Crippen molar-refractivity contribution in [3.8, 4) is 5.75 Å².